The normalized spacial score (nSPS) is 12.6. The maximum Gasteiger partial charge on any atom is 0.0300 e. The van der Waals surface area contributed by atoms with Crippen LogP contribution in [-0.4, -0.2) is 29.1 Å². The van der Waals surface area contributed by atoms with Crippen LogP contribution in [0.1, 0.15) is 25.8 Å². The molecule has 0 aliphatic carbocycles. The maximum atomic E-state index is 4.16. The minimum atomic E-state index is 0.575. The molecule has 0 aromatic carbocycles. The smallest absolute Gasteiger partial charge is 0.0300 e. The molecular formula is C13H22N2S. The van der Waals surface area contributed by atoms with E-state index in [1.165, 1.54) is 23.5 Å². The van der Waals surface area contributed by atoms with Crippen molar-refractivity contribution in [2.24, 2.45) is 0 Å². The largest absolute Gasteiger partial charge is 0.313 e. The Balaban J connectivity index is 2.38. The Bertz CT molecular complexity index is 264. The first-order valence-electron chi connectivity index (χ1n) is 6.06. The molecule has 0 bridgehead atoms. The minimum absolute atomic E-state index is 0.575. The lowest BCUT2D eigenvalue weighted by atomic mass is 10.1. The molecule has 1 N–H and O–H groups in total. The summed E-state index contributed by atoms with van der Waals surface area (Å²) in [7, 11) is 0. The average molecular weight is 238 g/mol. The van der Waals surface area contributed by atoms with Crippen molar-refractivity contribution in [1.82, 2.24) is 10.3 Å². The number of rotatable bonds is 8. The van der Waals surface area contributed by atoms with Crippen LogP contribution in [0.15, 0.2) is 24.5 Å². The monoisotopic (exact) mass is 238 g/mol. The molecule has 0 fully saturated rings. The van der Waals surface area contributed by atoms with Gasteiger partial charge >= 0.3 is 0 Å². The van der Waals surface area contributed by atoms with Crippen molar-refractivity contribution < 1.29 is 0 Å². The lowest BCUT2D eigenvalue weighted by molar-refractivity contribution is 0.572. The van der Waals surface area contributed by atoms with Crippen molar-refractivity contribution in [3.8, 4) is 0 Å². The molecule has 0 aliphatic rings. The molecule has 2 nitrogen and oxygen atoms in total. The molecule has 90 valence electrons. The summed E-state index contributed by atoms with van der Waals surface area (Å²) in [4.78, 5) is 4.16. The molecule has 3 heteroatoms. The van der Waals surface area contributed by atoms with Crippen LogP contribution in [0.25, 0.3) is 0 Å². The van der Waals surface area contributed by atoms with Crippen LogP contribution in [0.2, 0.25) is 0 Å². The molecule has 1 atom stereocenters. The molecule has 0 radical (unpaired) electrons. The molecule has 1 rings (SSSR count). The molecule has 0 spiro atoms. The molecule has 16 heavy (non-hydrogen) atoms. The molecule has 0 saturated heterocycles. The van der Waals surface area contributed by atoms with Gasteiger partial charge in [-0.05, 0) is 36.8 Å². The van der Waals surface area contributed by atoms with Gasteiger partial charge in [0.15, 0.2) is 0 Å². The summed E-state index contributed by atoms with van der Waals surface area (Å²) in [6.07, 6.45) is 6.14. The van der Waals surface area contributed by atoms with Gasteiger partial charge in [0, 0.05) is 24.2 Å². The van der Waals surface area contributed by atoms with Crippen molar-refractivity contribution in [3.05, 3.63) is 30.1 Å². The summed E-state index contributed by atoms with van der Waals surface area (Å²) in [5.41, 5.74) is 1.32. The van der Waals surface area contributed by atoms with Crippen LogP contribution in [-0.2, 0) is 6.42 Å². The zero-order valence-corrected chi connectivity index (χ0v) is 11.1. The van der Waals surface area contributed by atoms with Crippen molar-refractivity contribution >= 4 is 11.8 Å². The molecule has 1 unspecified atom stereocenters. The highest BCUT2D eigenvalue weighted by atomic mass is 32.2. The van der Waals surface area contributed by atoms with E-state index in [1.807, 2.05) is 30.2 Å². The number of hydrogen-bond acceptors (Lipinski definition) is 3. The minimum Gasteiger partial charge on any atom is -0.313 e. The number of pyridine rings is 1. The van der Waals surface area contributed by atoms with Gasteiger partial charge < -0.3 is 5.32 Å². The van der Waals surface area contributed by atoms with Gasteiger partial charge in [0.1, 0.15) is 0 Å². The fraction of sp³-hybridized carbons (Fsp3) is 0.615. The van der Waals surface area contributed by atoms with E-state index < -0.39 is 0 Å². The molecule has 1 aromatic rings. The zero-order chi connectivity index (χ0) is 11.6. The zero-order valence-electron chi connectivity index (χ0n) is 10.3. The fourth-order valence-corrected chi connectivity index (χ4v) is 2.63. The number of likely N-dealkylation sites (N-methyl/N-ethyl adjacent to an activating group) is 1. The van der Waals surface area contributed by atoms with Gasteiger partial charge in [-0.15, -0.1) is 0 Å². The molecule has 1 aromatic heterocycles. The van der Waals surface area contributed by atoms with Crippen LogP contribution in [0, 0.1) is 0 Å². The predicted molar refractivity (Wildman–Crippen MR) is 73.0 cm³/mol. The number of aromatic nitrogens is 1. The SMILES string of the molecule is CCCSCC(Cc1cccnc1)NCC. The molecule has 0 amide bonds. The van der Waals surface area contributed by atoms with Crippen molar-refractivity contribution in [2.45, 2.75) is 32.7 Å². The third-order valence-corrected chi connectivity index (χ3v) is 3.70. The number of hydrogen-bond donors (Lipinski definition) is 1. The van der Waals surface area contributed by atoms with Crippen LogP contribution >= 0.6 is 11.8 Å². The van der Waals surface area contributed by atoms with E-state index in [1.54, 1.807) is 0 Å². The van der Waals surface area contributed by atoms with Gasteiger partial charge in [0.2, 0.25) is 0 Å². The van der Waals surface area contributed by atoms with Gasteiger partial charge in [0.05, 0.1) is 0 Å². The van der Waals surface area contributed by atoms with Gasteiger partial charge in [-0.2, -0.15) is 11.8 Å². The summed E-state index contributed by atoms with van der Waals surface area (Å²) < 4.78 is 0. The Hall–Kier alpha value is -0.540. The highest BCUT2D eigenvalue weighted by Crippen LogP contribution is 2.09. The van der Waals surface area contributed by atoms with E-state index in [2.05, 4.69) is 30.2 Å². The van der Waals surface area contributed by atoms with E-state index in [0.717, 1.165) is 13.0 Å². The molecular weight excluding hydrogens is 216 g/mol. The Morgan fingerprint density at radius 3 is 2.94 bits per heavy atom. The Labute approximate surface area is 103 Å². The van der Waals surface area contributed by atoms with Gasteiger partial charge in [-0.25, -0.2) is 0 Å². The van der Waals surface area contributed by atoms with Gasteiger partial charge in [-0.1, -0.05) is 19.9 Å². The highest BCUT2D eigenvalue weighted by Gasteiger charge is 2.07. The highest BCUT2D eigenvalue weighted by molar-refractivity contribution is 7.99. The van der Waals surface area contributed by atoms with Gasteiger partial charge in [0.25, 0.3) is 0 Å². The van der Waals surface area contributed by atoms with E-state index in [0.29, 0.717) is 6.04 Å². The molecule has 1 heterocycles. The predicted octanol–water partition coefficient (Wildman–Crippen LogP) is 2.75. The topological polar surface area (TPSA) is 24.9 Å². The summed E-state index contributed by atoms with van der Waals surface area (Å²) >= 11 is 2.04. The van der Waals surface area contributed by atoms with Crippen LogP contribution in [0.3, 0.4) is 0 Å². The lowest BCUT2D eigenvalue weighted by Gasteiger charge is -2.17. The first-order valence-corrected chi connectivity index (χ1v) is 7.22. The second kappa shape index (κ2) is 8.59. The summed E-state index contributed by atoms with van der Waals surface area (Å²) in [6.45, 7) is 5.44. The van der Waals surface area contributed by atoms with E-state index in [9.17, 15) is 0 Å². The Morgan fingerprint density at radius 1 is 1.44 bits per heavy atom. The summed E-state index contributed by atoms with van der Waals surface area (Å²) in [6, 6.07) is 4.74. The summed E-state index contributed by atoms with van der Waals surface area (Å²) in [5, 5.41) is 3.54. The lowest BCUT2D eigenvalue weighted by Crippen LogP contribution is -2.33. The van der Waals surface area contributed by atoms with Crippen LogP contribution < -0.4 is 5.32 Å². The second-order valence-corrected chi connectivity index (χ2v) is 5.04. The third-order valence-electron chi connectivity index (χ3n) is 2.37. The molecule has 0 saturated carbocycles. The second-order valence-electron chi connectivity index (χ2n) is 3.89. The Kier molecular flexibility index (Phi) is 7.26. The van der Waals surface area contributed by atoms with Crippen LogP contribution in [0.5, 0.6) is 0 Å². The fourth-order valence-electron chi connectivity index (χ4n) is 1.65. The van der Waals surface area contributed by atoms with Crippen molar-refractivity contribution in [3.63, 3.8) is 0 Å². The van der Waals surface area contributed by atoms with E-state index >= 15 is 0 Å². The molecule has 0 aliphatic heterocycles. The van der Waals surface area contributed by atoms with Crippen molar-refractivity contribution in [1.29, 1.82) is 0 Å². The first kappa shape index (κ1) is 13.5. The van der Waals surface area contributed by atoms with E-state index in [4.69, 9.17) is 0 Å². The Morgan fingerprint density at radius 2 is 2.31 bits per heavy atom. The summed E-state index contributed by atoms with van der Waals surface area (Å²) in [5.74, 6) is 2.45. The van der Waals surface area contributed by atoms with Crippen LogP contribution in [0.4, 0.5) is 0 Å². The third kappa shape index (κ3) is 5.52. The number of nitrogens with one attached hydrogen (secondary N) is 1. The maximum absolute atomic E-state index is 4.16. The average Bonchev–Trinajstić information content (AvgIpc) is 2.31. The quantitative estimate of drug-likeness (QED) is 0.705. The standard InChI is InChI=1S/C13H22N2S/c1-3-8-16-11-13(15-4-2)9-12-6-5-7-14-10-12/h5-7,10,13,15H,3-4,8-9,11H2,1-2H3. The first-order chi connectivity index (χ1) is 7.86. The number of thioether (sulfide) groups is 1. The van der Waals surface area contributed by atoms with E-state index in [-0.39, 0.29) is 0 Å². The number of nitrogens with zero attached hydrogens (tertiary/aromatic N) is 1. The van der Waals surface area contributed by atoms with Crippen molar-refractivity contribution in [2.75, 3.05) is 18.1 Å². The van der Waals surface area contributed by atoms with Gasteiger partial charge in [-0.3, -0.25) is 4.98 Å².